The maximum Gasteiger partial charge on any atom is 0.289 e. The van der Waals surface area contributed by atoms with Gasteiger partial charge < -0.3 is 4.52 Å². The highest BCUT2D eigenvalue weighted by molar-refractivity contribution is 7.89. The van der Waals surface area contributed by atoms with Crippen molar-refractivity contribution in [2.45, 2.75) is 30.7 Å². The molecule has 0 radical (unpaired) electrons. The lowest BCUT2D eigenvalue weighted by Crippen LogP contribution is -2.31. The summed E-state index contributed by atoms with van der Waals surface area (Å²) in [5, 5.41) is 14.8. The first-order chi connectivity index (χ1) is 10.9. The Balaban J connectivity index is 2.04. The first-order valence-electron chi connectivity index (χ1n) is 6.97. The Labute approximate surface area is 132 Å². The van der Waals surface area contributed by atoms with Gasteiger partial charge in [0.1, 0.15) is 6.04 Å². The fourth-order valence-electron chi connectivity index (χ4n) is 2.68. The molecule has 1 aromatic carbocycles. The molecule has 3 rings (SSSR count). The Bertz CT molecular complexity index is 848. The van der Waals surface area contributed by atoms with Crippen LogP contribution in [0.4, 0.5) is 5.69 Å². The maximum absolute atomic E-state index is 12.9. The highest BCUT2D eigenvalue weighted by Crippen LogP contribution is 2.37. The van der Waals surface area contributed by atoms with Crippen molar-refractivity contribution in [1.82, 2.24) is 14.4 Å². The molecule has 0 spiro atoms. The lowest BCUT2D eigenvalue weighted by atomic mass is 10.2. The monoisotopic (exact) mass is 338 g/mol. The second-order valence-corrected chi connectivity index (χ2v) is 7.04. The highest BCUT2D eigenvalue weighted by Gasteiger charge is 2.41. The van der Waals surface area contributed by atoms with Gasteiger partial charge in [0.15, 0.2) is 10.7 Å². The van der Waals surface area contributed by atoms with Gasteiger partial charge in [0.2, 0.25) is 5.89 Å². The summed E-state index contributed by atoms with van der Waals surface area (Å²) in [7, 11) is -4.04. The number of aromatic nitrogens is 2. The Hall–Kier alpha value is -2.33. The molecule has 23 heavy (non-hydrogen) atoms. The molecule has 0 amide bonds. The van der Waals surface area contributed by atoms with Crippen molar-refractivity contribution < 1.29 is 17.9 Å². The molecule has 0 aliphatic carbocycles. The van der Waals surface area contributed by atoms with Crippen LogP contribution < -0.4 is 0 Å². The SMILES string of the molecule is Cc1noc(C2CCCN2S(=O)(=O)c2ccccc2[N+](=O)[O-])n1. The minimum absolute atomic E-state index is 0.210. The topological polar surface area (TPSA) is 119 Å². The average Bonchev–Trinajstić information content (AvgIpc) is 3.15. The zero-order chi connectivity index (χ0) is 16.6. The smallest absolute Gasteiger partial charge is 0.289 e. The van der Waals surface area contributed by atoms with Crippen molar-refractivity contribution in [2.75, 3.05) is 6.54 Å². The molecule has 2 aromatic rings. The molecule has 10 heteroatoms. The zero-order valence-corrected chi connectivity index (χ0v) is 13.1. The van der Waals surface area contributed by atoms with Gasteiger partial charge in [-0.1, -0.05) is 17.3 Å². The summed E-state index contributed by atoms with van der Waals surface area (Å²) in [6.45, 7) is 1.89. The van der Waals surface area contributed by atoms with Crippen LogP contribution in [0.2, 0.25) is 0 Å². The standard InChI is InChI=1S/C13H14N4O5S/c1-9-14-13(22-15-9)11-6-4-8-16(11)23(20,21)12-7-3-2-5-10(12)17(18)19/h2-3,5,7,11H,4,6,8H2,1H3. The first-order valence-corrected chi connectivity index (χ1v) is 8.41. The van der Waals surface area contributed by atoms with Gasteiger partial charge in [-0.3, -0.25) is 10.1 Å². The van der Waals surface area contributed by atoms with E-state index >= 15 is 0 Å². The van der Waals surface area contributed by atoms with Crippen molar-refractivity contribution in [3.8, 4) is 0 Å². The molecule has 122 valence electrons. The van der Waals surface area contributed by atoms with Gasteiger partial charge in [-0.15, -0.1) is 0 Å². The fourth-order valence-corrected chi connectivity index (χ4v) is 4.49. The summed E-state index contributed by atoms with van der Waals surface area (Å²) in [6.07, 6.45) is 1.15. The zero-order valence-electron chi connectivity index (χ0n) is 12.2. The number of nitrogens with zero attached hydrogens (tertiary/aromatic N) is 4. The van der Waals surface area contributed by atoms with Crippen LogP contribution in [0.5, 0.6) is 0 Å². The molecule has 1 saturated heterocycles. The van der Waals surface area contributed by atoms with E-state index in [0.717, 1.165) is 0 Å². The summed E-state index contributed by atoms with van der Waals surface area (Å²) in [5.74, 6) is 0.622. The molecule has 1 aromatic heterocycles. The van der Waals surface area contributed by atoms with Crippen LogP contribution >= 0.6 is 0 Å². The van der Waals surface area contributed by atoms with Gasteiger partial charge in [0.05, 0.1) is 4.92 Å². The highest BCUT2D eigenvalue weighted by atomic mass is 32.2. The van der Waals surface area contributed by atoms with Gasteiger partial charge in [-0.2, -0.15) is 9.29 Å². The number of aryl methyl sites for hydroxylation is 1. The predicted octanol–water partition coefficient (Wildman–Crippen LogP) is 1.81. The van der Waals surface area contributed by atoms with Crippen molar-refractivity contribution >= 4 is 15.7 Å². The normalized spacial score (nSPS) is 19.1. The molecule has 0 N–H and O–H groups in total. The van der Waals surface area contributed by atoms with Crippen LogP contribution in [-0.4, -0.2) is 34.3 Å². The average molecular weight is 338 g/mol. The maximum atomic E-state index is 12.9. The van der Waals surface area contributed by atoms with Crippen molar-refractivity contribution in [3.05, 3.63) is 46.1 Å². The molecule has 1 fully saturated rings. The molecule has 0 bridgehead atoms. The van der Waals surface area contributed by atoms with Crippen molar-refractivity contribution in [3.63, 3.8) is 0 Å². The number of hydrogen-bond acceptors (Lipinski definition) is 7. The van der Waals surface area contributed by atoms with E-state index in [1.165, 1.54) is 28.6 Å². The third-order valence-corrected chi connectivity index (χ3v) is 5.64. The van der Waals surface area contributed by atoms with Crippen LogP contribution in [-0.2, 0) is 10.0 Å². The number of sulfonamides is 1. The lowest BCUT2D eigenvalue weighted by molar-refractivity contribution is -0.387. The van der Waals surface area contributed by atoms with Crippen LogP contribution in [0, 0.1) is 17.0 Å². The van der Waals surface area contributed by atoms with E-state index in [4.69, 9.17) is 4.52 Å². The van der Waals surface area contributed by atoms with E-state index in [1.807, 2.05) is 0 Å². The minimum atomic E-state index is -4.04. The quantitative estimate of drug-likeness (QED) is 0.616. The molecular formula is C13H14N4O5S. The van der Waals surface area contributed by atoms with Crippen molar-refractivity contribution in [1.29, 1.82) is 0 Å². The van der Waals surface area contributed by atoms with Gasteiger partial charge in [-0.25, -0.2) is 8.42 Å². The molecule has 1 aliphatic rings. The number of nitro groups is 1. The lowest BCUT2D eigenvalue weighted by Gasteiger charge is -2.21. The van der Waals surface area contributed by atoms with Crippen LogP contribution in [0.25, 0.3) is 0 Å². The molecule has 1 unspecified atom stereocenters. The van der Waals surface area contributed by atoms with Crippen molar-refractivity contribution in [2.24, 2.45) is 0 Å². The Morgan fingerprint density at radius 3 is 2.78 bits per heavy atom. The van der Waals surface area contributed by atoms with Crippen LogP contribution in [0.15, 0.2) is 33.7 Å². The minimum Gasteiger partial charge on any atom is -0.338 e. The van der Waals surface area contributed by atoms with E-state index in [2.05, 4.69) is 10.1 Å². The summed E-state index contributed by atoms with van der Waals surface area (Å²) >= 11 is 0. The van der Waals surface area contributed by atoms with E-state index in [-0.39, 0.29) is 17.3 Å². The summed E-state index contributed by atoms with van der Waals surface area (Å²) in [4.78, 5) is 14.2. The second-order valence-electron chi connectivity index (χ2n) is 5.18. The summed E-state index contributed by atoms with van der Waals surface area (Å²) < 4.78 is 32.0. The molecule has 9 nitrogen and oxygen atoms in total. The molecule has 0 saturated carbocycles. The predicted molar refractivity (Wildman–Crippen MR) is 78.0 cm³/mol. The number of benzene rings is 1. The largest absolute Gasteiger partial charge is 0.338 e. The fraction of sp³-hybridized carbons (Fsp3) is 0.385. The second kappa shape index (κ2) is 5.70. The molecular weight excluding hydrogens is 324 g/mol. The molecule has 1 aliphatic heterocycles. The third kappa shape index (κ3) is 2.70. The number of para-hydroxylation sites is 1. The summed E-state index contributed by atoms with van der Waals surface area (Å²) in [6, 6.07) is 4.71. The van der Waals surface area contributed by atoms with E-state index < -0.39 is 26.7 Å². The number of hydrogen-bond donors (Lipinski definition) is 0. The van der Waals surface area contributed by atoms with Gasteiger partial charge >= 0.3 is 0 Å². The molecule has 2 heterocycles. The van der Waals surface area contributed by atoms with Crippen LogP contribution in [0.3, 0.4) is 0 Å². The van der Waals surface area contributed by atoms with Gasteiger partial charge in [0.25, 0.3) is 15.7 Å². The van der Waals surface area contributed by atoms with Crippen LogP contribution in [0.1, 0.15) is 30.6 Å². The third-order valence-electron chi connectivity index (χ3n) is 3.68. The van der Waals surface area contributed by atoms with Gasteiger partial charge in [0, 0.05) is 12.6 Å². The Morgan fingerprint density at radius 2 is 2.13 bits per heavy atom. The Morgan fingerprint density at radius 1 is 1.39 bits per heavy atom. The number of rotatable bonds is 4. The van der Waals surface area contributed by atoms with E-state index in [1.54, 1.807) is 6.92 Å². The first kappa shape index (κ1) is 15.6. The van der Waals surface area contributed by atoms with E-state index in [0.29, 0.717) is 18.7 Å². The Kier molecular flexibility index (Phi) is 3.86. The summed E-state index contributed by atoms with van der Waals surface area (Å²) in [5.41, 5.74) is -0.445. The molecule has 1 atom stereocenters. The number of nitro benzene ring substituents is 1. The van der Waals surface area contributed by atoms with E-state index in [9.17, 15) is 18.5 Å². The van der Waals surface area contributed by atoms with Gasteiger partial charge in [-0.05, 0) is 25.8 Å².